The van der Waals surface area contributed by atoms with E-state index >= 15 is 0 Å². The lowest BCUT2D eigenvalue weighted by Crippen LogP contribution is -2.33. The molecule has 0 fully saturated rings. The second-order valence-corrected chi connectivity index (χ2v) is 9.30. The molecule has 10 heteroatoms. The number of carbonyl (C=O) groups excluding carboxylic acids is 2. The molecule has 8 nitrogen and oxygen atoms in total. The molecular weight excluding hydrogens is 495 g/mol. The van der Waals surface area contributed by atoms with Crippen LogP contribution in [-0.4, -0.2) is 43.6 Å². The second-order valence-electron chi connectivity index (χ2n) is 8.48. The van der Waals surface area contributed by atoms with Crippen molar-refractivity contribution in [2.75, 3.05) is 20.3 Å². The molecule has 0 unspecified atom stereocenters. The summed E-state index contributed by atoms with van der Waals surface area (Å²) in [4.78, 5) is 29.2. The third-order valence-corrected chi connectivity index (χ3v) is 4.90. The molecule has 0 saturated carbocycles. The van der Waals surface area contributed by atoms with Crippen LogP contribution in [0, 0.1) is 0 Å². The Labute approximate surface area is 215 Å². The molecule has 35 heavy (non-hydrogen) atoms. The minimum absolute atomic E-state index is 0.0671. The van der Waals surface area contributed by atoms with Gasteiger partial charge in [0.1, 0.15) is 12.2 Å². The lowest BCUT2D eigenvalue weighted by molar-refractivity contribution is -0.133. The quantitative estimate of drug-likeness (QED) is 0.178. The van der Waals surface area contributed by atoms with E-state index < -0.39 is 17.7 Å². The molecule has 2 rings (SSSR count). The maximum Gasteiger partial charge on any atom is 0.407 e. The fourth-order valence-electron chi connectivity index (χ4n) is 2.82. The maximum absolute atomic E-state index is 12.2. The van der Waals surface area contributed by atoms with E-state index in [4.69, 9.17) is 42.3 Å². The summed E-state index contributed by atoms with van der Waals surface area (Å²) in [6, 6.07) is 12.7. The van der Waals surface area contributed by atoms with E-state index in [0.717, 1.165) is 5.56 Å². The molecule has 0 aromatic heterocycles. The second kappa shape index (κ2) is 13.8. The molecule has 2 aromatic carbocycles. The van der Waals surface area contributed by atoms with E-state index in [1.807, 2.05) is 30.3 Å². The SMILES string of the molecule is COC(=O)C(Cc1cc(Cl)c(OCCCNC(=O)OC(C)(C)C)c(Cl)c1)=NOCc1ccccc1. The zero-order valence-corrected chi connectivity index (χ0v) is 21.7. The molecule has 0 aliphatic rings. The summed E-state index contributed by atoms with van der Waals surface area (Å²) in [6.07, 6.45) is 0.126. The minimum Gasteiger partial charge on any atom is -0.490 e. The average molecular weight is 525 g/mol. The maximum atomic E-state index is 12.2. The summed E-state index contributed by atoms with van der Waals surface area (Å²) in [5.41, 5.74) is 1.05. The number of halogens is 2. The van der Waals surface area contributed by atoms with Crippen LogP contribution in [-0.2, 0) is 32.1 Å². The van der Waals surface area contributed by atoms with E-state index in [1.165, 1.54) is 7.11 Å². The number of rotatable bonds is 11. The summed E-state index contributed by atoms with van der Waals surface area (Å²) >= 11 is 12.7. The summed E-state index contributed by atoms with van der Waals surface area (Å²) in [7, 11) is 1.27. The van der Waals surface area contributed by atoms with Crippen molar-refractivity contribution in [3.05, 3.63) is 63.6 Å². The van der Waals surface area contributed by atoms with E-state index in [0.29, 0.717) is 24.3 Å². The van der Waals surface area contributed by atoms with Crippen molar-refractivity contribution >= 4 is 41.0 Å². The van der Waals surface area contributed by atoms with Crippen LogP contribution in [0.4, 0.5) is 4.79 Å². The number of hydrogen-bond acceptors (Lipinski definition) is 7. The predicted octanol–water partition coefficient (Wildman–Crippen LogP) is 5.58. The summed E-state index contributed by atoms with van der Waals surface area (Å²) in [5, 5.41) is 7.17. The monoisotopic (exact) mass is 524 g/mol. The normalized spacial score (nSPS) is 11.5. The highest BCUT2D eigenvalue weighted by Crippen LogP contribution is 2.34. The Morgan fingerprint density at radius 3 is 2.29 bits per heavy atom. The number of benzene rings is 2. The summed E-state index contributed by atoms with van der Waals surface area (Å²) in [5.74, 6) is -0.311. The molecule has 0 atom stereocenters. The molecule has 2 aromatic rings. The van der Waals surface area contributed by atoms with Gasteiger partial charge in [0, 0.05) is 13.0 Å². The van der Waals surface area contributed by atoms with Crippen molar-refractivity contribution in [3.8, 4) is 5.75 Å². The Morgan fingerprint density at radius 2 is 1.69 bits per heavy atom. The molecule has 0 bridgehead atoms. The lowest BCUT2D eigenvalue weighted by atomic mass is 10.1. The zero-order valence-electron chi connectivity index (χ0n) is 20.2. The number of methoxy groups -OCH3 is 1. The van der Waals surface area contributed by atoms with Gasteiger partial charge in [-0.3, -0.25) is 0 Å². The Balaban J connectivity index is 1.93. The van der Waals surface area contributed by atoms with Crippen LogP contribution in [0.1, 0.15) is 38.3 Å². The highest BCUT2D eigenvalue weighted by atomic mass is 35.5. The van der Waals surface area contributed by atoms with Gasteiger partial charge in [0.15, 0.2) is 11.5 Å². The molecule has 0 radical (unpaired) electrons. The van der Waals surface area contributed by atoms with Gasteiger partial charge in [0.2, 0.25) is 0 Å². The molecule has 0 aliphatic carbocycles. The van der Waals surface area contributed by atoms with Crippen LogP contribution in [0.3, 0.4) is 0 Å². The Bertz CT molecular complexity index is 999. The van der Waals surface area contributed by atoms with Crippen LogP contribution >= 0.6 is 23.2 Å². The number of alkyl carbamates (subject to hydrolysis) is 1. The third-order valence-electron chi connectivity index (χ3n) is 4.34. The molecule has 1 N–H and O–H groups in total. The average Bonchev–Trinajstić information content (AvgIpc) is 2.78. The van der Waals surface area contributed by atoms with Crippen molar-refractivity contribution < 1.29 is 28.6 Å². The van der Waals surface area contributed by atoms with Crippen LogP contribution in [0.5, 0.6) is 5.75 Å². The topological polar surface area (TPSA) is 95.5 Å². The fourth-order valence-corrected chi connectivity index (χ4v) is 3.46. The first-order valence-electron chi connectivity index (χ1n) is 11.0. The van der Waals surface area contributed by atoms with Crippen molar-refractivity contribution in [1.82, 2.24) is 5.32 Å². The van der Waals surface area contributed by atoms with Gasteiger partial charge in [-0.25, -0.2) is 9.59 Å². The van der Waals surface area contributed by atoms with Gasteiger partial charge in [0.25, 0.3) is 0 Å². The van der Waals surface area contributed by atoms with Gasteiger partial charge in [-0.2, -0.15) is 0 Å². The van der Waals surface area contributed by atoms with Crippen LogP contribution < -0.4 is 10.1 Å². The van der Waals surface area contributed by atoms with Gasteiger partial charge in [-0.15, -0.1) is 0 Å². The highest BCUT2D eigenvalue weighted by Gasteiger charge is 2.18. The smallest absolute Gasteiger partial charge is 0.407 e. The molecule has 0 spiro atoms. The Morgan fingerprint density at radius 1 is 1.03 bits per heavy atom. The first-order chi connectivity index (χ1) is 16.6. The number of ether oxygens (including phenoxy) is 3. The molecule has 190 valence electrons. The van der Waals surface area contributed by atoms with Gasteiger partial charge in [0.05, 0.1) is 23.8 Å². The molecule has 1 amide bonds. The first kappa shape index (κ1) is 28.3. The van der Waals surface area contributed by atoms with Crippen LogP contribution in [0.15, 0.2) is 47.6 Å². The number of carbonyl (C=O) groups is 2. The summed E-state index contributed by atoms with van der Waals surface area (Å²) in [6.45, 7) is 6.22. The summed E-state index contributed by atoms with van der Waals surface area (Å²) < 4.78 is 15.7. The van der Waals surface area contributed by atoms with E-state index in [1.54, 1.807) is 32.9 Å². The van der Waals surface area contributed by atoms with Crippen molar-refractivity contribution in [2.45, 2.75) is 45.8 Å². The van der Waals surface area contributed by atoms with E-state index in [9.17, 15) is 9.59 Å². The molecule has 0 aliphatic heterocycles. The van der Waals surface area contributed by atoms with Gasteiger partial charge < -0.3 is 24.4 Å². The van der Waals surface area contributed by atoms with E-state index in [2.05, 4.69) is 10.5 Å². The fraction of sp³-hybridized carbons (Fsp3) is 0.400. The number of hydrogen-bond donors (Lipinski definition) is 1. The zero-order chi connectivity index (χ0) is 25.8. The first-order valence-corrected chi connectivity index (χ1v) is 11.7. The van der Waals surface area contributed by atoms with Crippen molar-refractivity contribution in [2.24, 2.45) is 5.16 Å². The Kier molecular flexibility index (Phi) is 11.1. The van der Waals surface area contributed by atoms with Gasteiger partial charge in [-0.05, 0) is 50.5 Å². The van der Waals surface area contributed by atoms with Gasteiger partial charge >= 0.3 is 12.1 Å². The van der Waals surface area contributed by atoms with Crippen molar-refractivity contribution in [1.29, 1.82) is 0 Å². The number of nitrogens with zero attached hydrogens (tertiary/aromatic N) is 1. The number of nitrogens with one attached hydrogen (secondary N) is 1. The molecule has 0 saturated heterocycles. The minimum atomic E-state index is -0.622. The van der Waals surface area contributed by atoms with Crippen molar-refractivity contribution in [3.63, 3.8) is 0 Å². The predicted molar refractivity (Wildman–Crippen MR) is 135 cm³/mol. The Hall–Kier alpha value is -2.97. The van der Waals surface area contributed by atoms with E-state index in [-0.39, 0.29) is 35.4 Å². The lowest BCUT2D eigenvalue weighted by Gasteiger charge is -2.19. The van der Waals surface area contributed by atoms with Gasteiger partial charge in [-0.1, -0.05) is 58.7 Å². The molecular formula is C25H30Cl2N2O6. The number of oxime groups is 1. The largest absolute Gasteiger partial charge is 0.490 e. The van der Waals surface area contributed by atoms with Crippen LogP contribution in [0.2, 0.25) is 10.0 Å². The third kappa shape index (κ3) is 10.4. The molecule has 0 heterocycles. The standard InChI is InChI=1S/C25H30Cl2N2O6/c1-25(2,3)35-24(31)28-11-8-12-33-22-19(26)13-18(14-20(22)27)15-21(23(30)32-4)29-34-16-17-9-6-5-7-10-17/h5-7,9-10,13-14H,8,11-12,15-16H2,1-4H3,(H,28,31). The van der Waals surface area contributed by atoms with Crippen LogP contribution in [0.25, 0.3) is 0 Å². The highest BCUT2D eigenvalue weighted by molar-refractivity contribution is 6.38. The number of amides is 1. The number of esters is 1.